The van der Waals surface area contributed by atoms with Crippen LogP contribution in [0.3, 0.4) is 0 Å². The summed E-state index contributed by atoms with van der Waals surface area (Å²) in [4.78, 5) is 26.6. The molecule has 1 saturated heterocycles. The Kier molecular flexibility index (Phi) is 4.84. The highest BCUT2D eigenvalue weighted by Gasteiger charge is 2.32. The number of hydrogen-bond donors (Lipinski definition) is 1. The number of aromatic nitrogens is 2. The van der Waals surface area contributed by atoms with E-state index in [1.165, 1.54) is 0 Å². The van der Waals surface area contributed by atoms with Crippen LogP contribution < -0.4 is 0 Å². The molecule has 1 amide bonds. The molecular formula is C21H17ClN4O2. The lowest BCUT2D eigenvalue weighted by atomic mass is 10.0. The second-order valence-electron chi connectivity index (χ2n) is 6.81. The molecule has 4 rings (SSSR count). The monoisotopic (exact) mass is 392 g/mol. The van der Waals surface area contributed by atoms with Crippen molar-refractivity contribution < 1.29 is 9.90 Å². The number of nitrogens with zero attached hydrogens (tertiary/aromatic N) is 4. The largest absolute Gasteiger partial charge is 0.492 e. The van der Waals surface area contributed by atoms with Crippen molar-refractivity contribution in [2.75, 3.05) is 6.54 Å². The van der Waals surface area contributed by atoms with Crippen LogP contribution in [-0.4, -0.2) is 38.5 Å². The zero-order valence-electron chi connectivity index (χ0n) is 15.0. The van der Waals surface area contributed by atoms with Gasteiger partial charge in [0.1, 0.15) is 0 Å². The van der Waals surface area contributed by atoms with Gasteiger partial charge in [-0.25, -0.2) is 14.8 Å². The Labute approximate surface area is 167 Å². The Bertz CT molecular complexity index is 1110. The molecule has 140 valence electrons. The third-order valence-corrected chi connectivity index (χ3v) is 5.19. The smallest absolute Gasteiger partial charge is 0.278 e. The molecule has 2 aromatic carbocycles. The number of amides is 1. The van der Waals surface area contributed by atoms with Crippen molar-refractivity contribution in [1.29, 1.82) is 0 Å². The van der Waals surface area contributed by atoms with E-state index in [-0.39, 0.29) is 17.6 Å². The summed E-state index contributed by atoms with van der Waals surface area (Å²) in [5, 5.41) is 11.0. The summed E-state index contributed by atoms with van der Waals surface area (Å²) in [6.45, 7) is 7.68. The lowest BCUT2D eigenvalue weighted by molar-refractivity contribution is 0.0727. The number of rotatable bonds is 3. The predicted molar refractivity (Wildman–Crippen MR) is 107 cm³/mol. The average molecular weight is 393 g/mol. The van der Waals surface area contributed by atoms with Crippen molar-refractivity contribution in [3.8, 4) is 5.88 Å². The van der Waals surface area contributed by atoms with E-state index in [1.807, 2.05) is 24.3 Å². The zero-order valence-corrected chi connectivity index (χ0v) is 15.7. The summed E-state index contributed by atoms with van der Waals surface area (Å²) < 4.78 is 0. The van der Waals surface area contributed by atoms with Crippen LogP contribution in [0.4, 0.5) is 5.69 Å². The fraction of sp³-hybridized carbons (Fsp3) is 0.238. The molecule has 1 aliphatic rings. The third-order valence-electron chi connectivity index (χ3n) is 4.96. The number of likely N-dealkylation sites (tertiary alicyclic amines) is 1. The molecule has 1 atom stereocenters. The van der Waals surface area contributed by atoms with Crippen LogP contribution in [0.5, 0.6) is 5.88 Å². The highest BCUT2D eigenvalue weighted by atomic mass is 35.5. The highest BCUT2D eigenvalue weighted by Crippen LogP contribution is 2.28. The summed E-state index contributed by atoms with van der Waals surface area (Å²) in [5.41, 5.74) is 2.28. The Morgan fingerprint density at radius 3 is 2.89 bits per heavy atom. The molecule has 1 N–H and O–H groups in total. The van der Waals surface area contributed by atoms with Crippen LogP contribution in [0.25, 0.3) is 15.9 Å². The van der Waals surface area contributed by atoms with E-state index in [9.17, 15) is 9.90 Å². The number of aromatic hydroxyl groups is 1. The minimum Gasteiger partial charge on any atom is -0.492 e. The predicted octanol–water partition coefficient (Wildman–Crippen LogP) is 4.39. The van der Waals surface area contributed by atoms with Crippen LogP contribution in [-0.2, 0) is 6.42 Å². The zero-order chi connectivity index (χ0) is 19.7. The van der Waals surface area contributed by atoms with Gasteiger partial charge in [0, 0.05) is 17.6 Å². The first-order chi connectivity index (χ1) is 13.5. The molecule has 0 aliphatic carbocycles. The van der Waals surface area contributed by atoms with E-state index in [0.29, 0.717) is 34.7 Å². The van der Waals surface area contributed by atoms with E-state index in [1.54, 1.807) is 23.1 Å². The first-order valence-corrected chi connectivity index (χ1v) is 9.36. The van der Waals surface area contributed by atoms with Crippen molar-refractivity contribution in [2.24, 2.45) is 0 Å². The van der Waals surface area contributed by atoms with Gasteiger partial charge in [0.05, 0.1) is 17.6 Å². The number of benzene rings is 2. The molecule has 0 bridgehead atoms. The summed E-state index contributed by atoms with van der Waals surface area (Å²) in [6.07, 6.45) is 2.48. The van der Waals surface area contributed by atoms with Crippen molar-refractivity contribution in [2.45, 2.75) is 25.3 Å². The van der Waals surface area contributed by atoms with Gasteiger partial charge in [-0.2, -0.15) is 0 Å². The number of fused-ring (bicyclic) bond motifs is 1. The first kappa shape index (κ1) is 18.2. The quantitative estimate of drug-likeness (QED) is 0.671. The van der Waals surface area contributed by atoms with E-state index in [4.69, 9.17) is 18.2 Å². The molecule has 2 heterocycles. The normalized spacial score (nSPS) is 16.3. The molecule has 0 radical (unpaired) electrons. The topological polar surface area (TPSA) is 70.7 Å². The Hall–Kier alpha value is -3.17. The second kappa shape index (κ2) is 7.45. The van der Waals surface area contributed by atoms with E-state index in [2.05, 4.69) is 14.8 Å². The molecule has 1 unspecified atom stereocenters. The molecule has 0 saturated carbocycles. The molecule has 7 heteroatoms. The van der Waals surface area contributed by atoms with Crippen molar-refractivity contribution >= 4 is 34.2 Å². The first-order valence-electron chi connectivity index (χ1n) is 8.99. The molecule has 3 aromatic rings. The van der Waals surface area contributed by atoms with Crippen LogP contribution in [0.2, 0.25) is 5.02 Å². The van der Waals surface area contributed by atoms with E-state index in [0.717, 1.165) is 18.4 Å². The van der Waals surface area contributed by atoms with Gasteiger partial charge >= 0.3 is 0 Å². The minimum absolute atomic E-state index is 0.0207. The van der Waals surface area contributed by atoms with Crippen LogP contribution in [0, 0.1) is 6.57 Å². The Morgan fingerprint density at radius 1 is 1.25 bits per heavy atom. The fourth-order valence-corrected chi connectivity index (χ4v) is 3.85. The minimum atomic E-state index is -0.409. The Balaban J connectivity index is 1.62. The molecule has 1 fully saturated rings. The summed E-state index contributed by atoms with van der Waals surface area (Å²) in [5.74, 6) is -0.737. The summed E-state index contributed by atoms with van der Waals surface area (Å²) in [7, 11) is 0. The molecular weight excluding hydrogens is 376 g/mol. The summed E-state index contributed by atoms with van der Waals surface area (Å²) >= 11 is 6.07. The SMILES string of the molecule is [C-]#[N+]c1ccc2nc(C(=O)N3CCCC3Cc3cccc(Cl)c3)c(O)nc2c1. The number of carbonyl (C=O) groups is 1. The van der Waals surface area contributed by atoms with Gasteiger partial charge in [0.15, 0.2) is 11.4 Å². The number of hydrogen-bond acceptors (Lipinski definition) is 4. The highest BCUT2D eigenvalue weighted by molar-refractivity contribution is 6.30. The maximum atomic E-state index is 13.1. The number of carbonyl (C=O) groups excluding carboxylic acids is 1. The van der Waals surface area contributed by atoms with Gasteiger partial charge in [-0.15, -0.1) is 0 Å². The molecule has 1 aliphatic heterocycles. The molecule has 28 heavy (non-hydrogen) atoms. The van der Waals surface area contributed by atoms with Crippen LogP contribution in [0.15, 0.2) is 42.5 Å². The van der Waals surface area contributed by atoms with Gasteiger partial charge in [-0.05, 0) is 49.1 Å². The van der Waals surface area contributed by atoms with E-state index < -0.39 is 5.88 Å². The maximum Gasteiger partial charge on any atom is 0.278 e. The Morgan fingerprint density at radius 2 is 2.11 bits per heavy atom. The maximum absolute atomic E-state index is 13.1. The van der Waals surface area contributed by atoms with Gasteiger partial charge < -0.3 is 10.0 Å². The lowest BCUT2D eigenvalue weighted by Crippen LogP contribution is -2.37. The molecule has 6 nitrogen and oxygen atoms in total. The van der Waals surface area contributed by atoms with Gasteiger partial charge in [-0.3, -0.25) is 4.79 Å². The third kappa shape index (κ3) is 3.49. The van der Waals surface area contributed by atoms with Crippen LogP contribution in [0.1, 0.15) is 28.9 Å². The van der Waals surface area contributed by atoms with Crippen LogP contribution >= 0.6 is 11.6 Å². The van der Waals surface area contributed by atoms with Crippen molar-refractivity contribution in [3.63, 3.8) is 0 Å². The molecule has 1 aromatic heterocycles. The van der Waals surface area contributed by atoms with E-state index >= 15 is 0 Å². The van der Waals surface area contributed by atoms with Gasteiger partial charge in [-0.1, -0.05) is 29.8 Å². The van der Waals surface area contributed by atoms with Crippen molar-refractivity contribution in [1.82, 2.24) is 14.9 Å². The average Bonchev–Trinajstić information content (AvgIpc) is 3.14. The van der Waals surface area contributed by atoms with Crippen molar-refractivity contribution in [3.05, 3.63) is 70.2 Å². The van der Waals surface area contributed by atoms with Gasteiger partial charge in [0.2, 0.25) is 5.88 Å². The number of halogens is 1. The second-order valence-corrected chi connectivity index (χ2v) is 7.25. The fourth-order valence-electron chi connectivity index (χ4n) is 3.63. The lowest BCUT2D eigenvalue weighted by Gasteiger charge is -2.24. The standard InChI is InChI=1S/C21H17ClN4O2/c1-23-15-7-8-17-18(12-15)25-20(27)19(24-17)21(28)26-9-3-6-16(26)11-13-4-2-5-14(22)10-13/h2,4-5,7-8,10,12,16H,3,6,9,11H2,(H,25,27). The molecule has 0 spiro atoms. The van der Waals surface area contributed by atoms with Gasteiger partial charge in [0.25, 0.3) is 5.91 Å². The summed E-state index contributed by atoms with van der Waals surface area (Å²) in [6, 6.07) is 12.4.